The number of hydrogen-bond donors (Lipinski definition) is 0. The third-order valence-electron chi connectivity index (χ3n) is 9.10. The minimum absolute atomic E-state index is 0.342. The van der Waals surface area contributed by atoms with Gasteiger partial charge in [0.1, 0.15) is 0 Å². The summed E-state index contributed by atoms with van der Waals surface area (Å²) in [6, 6.07) is 21.1. The van der Waals surface area contributed by atoms with E-state index in [1.54, 1.807) is 56.2 Å². The lowest BCUT2D eigenvalue weighted by atomic mass is 10.1. The summed E-state index contributed by atoms with van der Waals surface area (Å²) >= 11 is 0. The van der Waals surface area contributed by atoms with Gasteiger partial charge in [-0.05, 0) is 42.0 Å². The lowest BCUT2D eigenvalue weighted by molar-refractivity contribution is 0.120. The summed E-state index contributed by atoms with van der Waals surface area (Å²) in [6.45, 7) is 6.52. The van der Waals surface area contributed by atoms with Crippen LogP contribution in [-0.2, 0) is 23.1 Å². The van der Waals surface area contributed by atoms with E-state index in [2.05, 4.69) is 14.8 Å². The van der Waals surface area contributed by atoms with Crippen molar-refractivity contribution in [3.63, 3.8) is 0 Å². The number of methoxy groups -OCH3 is 3. The first-order chi connectivity index (χ1) is 21.9. The second-order valence-electron chi connectivity index (χ2n) is 12.0. The molecule has 10 heteroatoms. The molecule has 2 heterocycles. The summed E-state index contributed by atoms with van der Waals surface area (Å²) in [5.74, 6) is 2.83. The lowest BCUT2D eigenvalue weighted by Gasteiger charge is -2.35. The van der Waals surface area contributed by atoms with E-state index in [9.17, 15) is 8.42 Å². The molecule has 1 aliphatic heterocycles. The van der Waals surface area contributed by atoms with Crippen LogP contribution in [0.25, 0.3) is 10.8 Å². The molecule has 0 spiro atoms. The summed E-state index contributed by atoms with van der Waals surface area (Å²) in [5, 5.41) is 1.53. The number of pyridine rings is 1. The van der Waals surface area contributed by atoms with Gasteiger partial charge >= 0.3 is 0 Å². The smallest absolute Gasteiger partial charge is 0.244 e. The SMILES string of the molecule is COc1ccc(CN2CCN(C[C@H]3C[C@H]3CN(Cc3ccccc3)S(=O)(=O)c3cccc4cnccc34)CC2)c(OC)c1OC. The zero-order valence-electron chi connectivity index (χ0n) is 26.3. The van der Waals surface area contributed by atoms with Crippen molar-refractivity contribution in [3.05, 3.63) is 90.3 Å². The fourth-order valence-corrected chi connectivity index (χ4v) is 8.20. The summed E-state index contributed by atoms with van der Waals surface area (Å²) in [6.07, 6.45) is 4.42. The highest BCUT2D eigenvalue weighted by Gasteiger charge is 2.42. The van der Waals surface area contributed by atoms with Crippen LogP contribution in [0.2, 0.25) is 0 Å². The van der Waals surface area contributed by atoms with E-state index in [-0.39, 0.29) is 0 Å². The quantitative estimate of drug-likeness (QED) is 0.206. The average molecular weight is 631 g/mol. The Morgan fingerprint density at radius 1 is 0.822 bits per heavy atom. The zero-order valence-corrected chi connectivity index (χ0v) is 27.1. The molecule has 45 heavy (non-hydrogen) atoms. The number of rotatable bonds is 13. The first kappa shape index (κ1) is 31.3. The van der Waals surface area contributed by atoms with Crippen LogP contribution in [0.4, 0.5) is 0 Å². The largest absolute Gasteiger partial charge is 0.493 e. The molecule has 6 rings (SSSR count). The van der Waals surface area contributed by atoms with Gasteiger partial charge in [0.25, 0.3) is 0 Å². The molecule has 1 saturated carbocycles. The molecule has 0 N–H and O–H groups in total. The van der Waals surface area contributed by atoms with Gasteiger partial charge in [-0.15, -0.1) is 0 Å². The summed E-state index contributed by atoms with van der Waals surface area (Å²) in [7, 11) is 1.19. The number of nitrogens with zero attached hydrogens (tertiary/aromatic N) is 4. The summed E-state index contributed by atoms with van der Waals surface area (Å²) in [4.78, 5) is 9.50. The van der Waals surface area contributed by atoms with Gasteiger partial charge in [-0.3, -0.25) is 9.88 Å². The lowest BCUT2D eigenvalue weighted by Crippen LogP contribution is -2.46. The Bertz CT molecular complexity index is 1700. The number of sulfonamides is 1. The molecular formula is C35H42N4O5S. The van der Waals surface area contributed by atoms with E-state index < -0.39 is 10.0 Å². The molecule has 0 unspecified atom stereocenters. The average Bonchev–Trinajstić information content (AvgIpc) is 3.81. The number of aromatic nitrogens is 1. The number of hydrogen-bond acceptors (Lipinski definition) is 8. The topological polar surface area (TPSA) is 84.4 Å². The van der Waals surface area contributed by atoms with Crippen molar-refractivity contribution in [2.45, 2.75) is 24.4 Å². The van der Waals surface area contributed by atoms with Crippen molar-refractivity contribution in [2.24, 2.45) is 11.8 Å². The highest BCUT2D eigenvalue weighted by Crippen LogP contribution is 2.42. The molecule has 0 radical (unpaired) electrons. The maximum atomic E-state index is 14.2. The van der Waals surface area contributed by atoms with Gasteiger partial charge in [-0.2, -0.15) is 4.31 Å². The fraction of sp³-hybridized carbons (Fsp3) is 0.400. The second-order valence-corrected chi connectivity index (χ2v) is 13.9. The maximum Gasteiger partial charge on any atom is 0.244 e. The molecule has 3 aromatic carbocycles. The zero-order chi connectivity index (χ0) is 31.4. The van der Waals surface area contributed by atoms with E-state index in [1.807, 2.05) is 48.5 Å². The molecule has 1 saturated heterocycles. The van der Waals surface area contributed by atoms with Crippen LogP contribution >= 0.6 is 0 Å². The van der Waals surface area contributed by atoms with Gasteiger partial charge in [-0.1, -0.05) is 48.5 Å². The van der Waals surface area contributed by atoms with Gasteiger partial charge in [0.2, 0.25) is 15.8 Å². The molecule has 0 bridgehead atoms. The first-order valence-electron chi connectivity index (χ1n) is 15.5. The third-order valence-corrected chi connectivity index (χ3v) is 11.0. The minimum atomic E-state index is -3.73. The van der Waals surface area contributed by atoms with Gasteiger partial charge in [0.15, 0.2) is 11.5 Å². The Labute approximate surface area is 266 Å². The molecule has 2 aliphatic rings. The Hall–Kier alpha value is -3.70. The fourth-order valence-electron chi connectivity index (χ4n) is 6.50. The van der Waals surface area contributed by atoms with E-state index >= 15 is 0 Å². The van der Waals surface area contributed by atoms with Crippen LogP contribution in [-0.4, -0.2) is 88.1 Å². The van der Waals surface area contributed by atoms with Gasteiger partial charge < -0.3 is 19.1 Å². The van der Waals surface area contributed by atoms with Crippen molar-refractivity contribution in [2.75, 3.05) is 60.6 Å². The molecule has 4 aromatic rings. The Balaban J connectivity index is 1.09. The van der Waals surface area contributed by atoms with Gasteiger partial charge in [0.05, 0.1) is 26.2 Å². The number of fused-ring (bicyclic) bond motifs is 1. The molecule has 2 fully saturated rings. The van der Waals surface area contributed by atoms with Crippen molar-refractivity contribution < 1.29 is 22.6 Å². The number of ether oxygens (including phenoxy) is 3. The normalized spacial score (nSPS) is 19.1. The molecule has 9 nitrogen and oxygen atoms in total. The van der Waals surface area contributed by atoms with Crippen molar-refractivity contribution in [3.8, 4) is 17.2 Å². The molecule has 1 aromatic heterocycles. The Morgan fingerprint density at radius 2 is 1.58 bits per heavy atom. The Morgan fingerprint density at radius 3 is 2.31 bits per heavy atom. The van der Waals surface area contributed by atoms with E-state index in [0.717, 1.165) is 68.0 Å². The van der Waals surface area contributed by atoms with Crippen molar-refractivity contribution in [1.29, 1.82) is 0 Å². The molecule has 238 valence electrons. The summed E-state index contributed by atoms with van der Waals surface area (Å²) in [5.41, 5.74) is 2.07. The van der Waals surface area contributed by atoms with E-state index in [0.29, 0.717) is 46.7 Å². The van der Waals surface area contributed by atoms with E-state index in [4.69, 9.17) is 14.2 Å². The highest BCUT2D eigenvalue weighted by molar-refractivity contribution is 7.89. The summed E-state index contributed by atoms with van der Waals surface area (Å²) < 4.78 is 46.8. The standard InChI is InChI=1S/C35H42N4O5S/c1-42-32-13-12-28(34(43-2)35(32)44-3)23-37-16-18-38(19-17-37)24-29-20-30(29)25-39(22-26-8-5-4-6-9-26)45(40,41)33-11-7-10-27-21-36-15-14-31(27)33/h4-15,21,29-30H,16-20,22-25H2,1-3H3/t29-,30+/m1/s1. The second kappa shape index (κ2) is 13.7. The highest BCUT2D eigenvalue weighted by atomic mass is 32.2. The molecular weight excluding hydrogens is 588 g/mol. The predicted octanol–water partition coefficient (Wildman–Crippen LogP) is 4.91. The van der Waals surface area contributed by atoms with Crippen LogP contribution in [0.3, 0.4) is 0 Å². The van der Waals surface area contributed by atoms with Gasteiger partial charge in [0, 0.05) is 81.1 Å². The predicted molar refractivity (Wildman–Crippen MR) is 175 cm³/mol. The molecule has 2 atom stereocenters. The van der Waals surface area contributed by atoms with Gasteiger partial charge in [-0.25, -0.2) is 8.42 Å². The molecule has 0 amide bonds. The monoisotopic (exact) mass is 630 g/mol. The maximum absolute atomic E-state index is 14.2. The number of benzene rings is 3. The van der Waals surface area contributed by atoms with Crippen molar-refractivity contribution >= 4 is 20.8 Å². The minimum Gasteiger partial charge on any atom is -0.493 e. The third kappa shape index (κ3) is 6.94. The van der Waals surface area contributed by atoms with Crippen molar-refractivity contribution in [1.82, 2.24) is 19.1 Å². The molecule has 1 aliphatic carbocycles. The van der Waals surface area contributed by atoms with Crippen LogP contribution in [0, 0.1) is 11.8 Å². The van der Waals surface area contributed by atoms with E-state index in [1.165, 1.54) is 0 Å². The van der Waals surface area contributed by atoms with Crippen LogP contribution in [0.5, 0.6) is 17.2 Å². The first-order valence-corrected chi connectivity index (χ1v) is 16.9. The van der Waals surface area contributed by atoms with Crippen LogP contribution in [0.15, 0.2) is 84.0 Å². The van der Waals surface area contributed by atoms with Crippen LogP contribution < -0.4 is 14.2 Å². The number of piperazine rings is 1. The van der Waals surface area contributed by atoms with Crippen LogP contribution in [0.1, 0.15) is 17.5 Å². The Kier molecular flexibility index (Phi) is 9.56.